The summed E-state index contributed by atoms with van der Waals surface area (Å²) in [5, 5.41) is 8.07. The Balaban J connectivity index is 2.23. The minimum absolute atomic E-state index is 0.0419. The number of aryl methyl sites for hydroxylation is 1. The van der Waals surface area contributed by atoms with Crippen LogP contribution in [0, 0.1) is 13.8 Å². The van der Waals surface area contributed by atoms with Crippen molar-refractivity contribution in [3.8, 4) is 0 Å². The van der Waals surface area contributed by atoms with Gasteiger partial charge in [-0.2, -0.15) is 4.72 Å². The van der Waals surface area contributed by atoms with Crippen molar-refractivity contribution < 1.29 is 21.6 Å². The van der Waals surface area contributed by atoms with Gasteiger partial charge in [-0.15, -0.1) is 0 Å². The highest BCUT2D eigenvalue weighted by Crippen LogP contribution is 2.24. The van der Waals surface area contributed by atoms with E-state index in [1.54, 1.807) is 13.8 Å². The molecule has 0 aliphatic carbocycles. The van der Waals surface area contributed by atoms with Crippen LogP contribution in [-0.4, -0.2) is 28.8 Å². The molecule has 0 saturated carbocycles. The molecule has 2 aromatic carbocycles. The number of primary sulfonamides is 1. The summed E-state index contributed by atoms with van der Waals surface area (Å²) in [7, 11) is -7.91. The molecule has 1 atom stereocenters. The van der Waals surface area contributed by atoms with Gasteiger partial charge in [-0.25, -0.2) is 22.0 Å². The van der Waals surface area contributed by atoms with Crippen molar-refractivity contribution in [1.82, 2.24) is 4.72 Å². The van der Waals surface area contributed by atoms with Gasteiger partial charge in [-0.3, -0.25) is 4.79 Å². The average Bonchev–Trinajstić information content (AvgIpc) is 2.57. The van der Waals surface area contributed by atoms with E-state index < -0.39 is 32.0 Å². The molecule has 4 N–H and O–H groups in total. The molecule has 0 aromatic heterocycles. The van der Waals surface area contributed by atoms with Crippen molar-refractivity contribution in [3.63, 3.8) is 0 Å². The third-order valence-electron chi connectivity index (χ3n) is 4.08. The van der Waals surface area contributed by atoms with Crippen molar-refractivity contribution in [1.29, 1.82) is 0 Å². The van der Waals surface area contributed by atoms with Crippen LogP contribution in [0.2, 0.25) is 5.02 Å². The number of nitrogens with two attached hydrogens (primary N) is 1. The Kier molecular flexibility index (Phi) is 6.51. The fourth-order valence-corrected chi connectivity index (χ4v) is 4.28. The molecule has 8 nitrogen and oxygen atoms in total. The maximum Gasteiger partial charge on any atom is 0.242 e. The highest BCUT2D eigenvalue weighted by Gasteiger charge is 2.23. The smallest absolute Gasteiger partial charge is 0.242 e. The number of hydrogen-bond donors (Lipinski definition) is 3. The van der Waals surface area contributed by atoms with Gasteiger partial charge in [0.2, 0.25) is 26.0 Å². The van der Waals surface area contributed by atoms with Crippen LogP contribution >= 0.6 is 11.6 Å². The zero-order valence-electron chi connectivity index (χ0n) is 15.4. The number of carbonyl (C=O) groups is 1. The molecule has 2 aromatic rings. The van der Waals surface area contributed by atoms with Crippen LogP contribution in [0.25, 0.3) is 0 Å². The maximum atomic E-state index is 12.5. The number of benzene rings is 2. The largest absolute Gasteiger partial charge is 0.324 e. The molecule has 1 amide bonds. The van der Waals surface area contributed by atoms with Gasteiger partial charge in [-0.05, 0) is 68.3 Å². The normalized spacial score (nSPS) is 13.2. The quantitative estimate of drug-likeness (QED) is 0.624. The van der Waals surface area contributed by atoms with E-state index in [0.29, 0.717) is 16.1 Å². The van der Waals surface area contributed by atoms with E-state index in [-0.39, 0.29) is 15.5 Å². The summed E-state index contributed by atoms with van der Waals surface area (Å²) >= 11 is 5.75. The lowest BCUT2D eigenvalue weighted by Gasteiger charge is -2.17. The maximum absolute atomic E-state index is 12.5. The molecule has 0 spiro atoms. The van der Waals surface area contributed by atoms with Gasteiger partial charge >= 0.3 is 0 Å². The van der Waals surface area contributed by atoms with Crippen molar-refractivity contribution in [2.75, 3.05) is 5.32 Å². The fourth-order valence-electron chi connectivity index (χ4n) is 2.33. The van der Waals surface area contributed by atoms with Gasteiger partial charge in [0.1, 0.15) is 0 Å². The number of rotatable bonds is 6. The second-order valence-electron chi connectivity index (χ2n) is 6.24. The number of nitrogens with one attached hydrogen (secondary N) is 2. The van der Waals surface area contributed by atoms with Gasteiger partial charge in [0.15, 0.2) is 0 Å². The summed E-state index contributed by atoms with van der Waals surface area (Å²) in [6, 6.07) is 6.98. The summed E-state index contributed by atoms with van der Waals surface area (Å²) < 4.78 is 50.2. The number of anilines is 1. The number of sulfonamides is 2. The molecule has 0 aliphatic rings. The van der Waals surface area contributed by atoms with Crippen LogP contribution in [0.5, 0.6) is 0 Å². The summed E-state index contributed by atoms with van der Waals surface area (Å²) in [4.78, 5) is 12.3. The Bertz CT molecular complexity index is 1110. The second kappa shape index (κ2) is 8.18. The van der Waals surface area contributed by atoms with Crippen molar-refractivity contribution in [2.24, 2.45) is 5.14 Å². The van der Waals surface area contributed by atoms with Crippen LogP contribution in [0.4, 0.5) is 5.69 Å². The first kappa shape index (κ1) is 22.3. The van der Waals surface area contributed by atoms with Gasteiger partial charge in [0.05, 0.1) is 15.8 Å². The summed E-state index contributed by atoms with van der Waals surface area (Å²) in [6.07, 6.45) is 0. The summed E-state index contributed by atoms with van der Waals surface area (Å²) in [5.41, 5.74) is 1.47. The fraction of sp³-hybridized carbons (Fsp3) is 0.235. The molecular weight excluding hydrogens is 426 g/mol. The Hall–Kier alpha value is -1.98. The summed E-state index contributed by atoms with van der Waals surface area (Å²) in [6.45, 7) is 4.74. The predicted octanol–water partition coefficient (Wildman–Crippen LogP) is 1.91. The standard InChI is InChI=1S/C17H20ClN3O5S2/c1-10-8-15(27(19,23)24)9-16(11(10)2)20-17(22)12(3)21-28(25,26)14-6-4-13(18)5-7-14/h4-9,12,21H,1-3H3,(H,20,22)(H2,19,23,24)/t12-/m0/s1. The number of carbonyl (C=O) groups excluding carboxylic acids is 1. The highest BCUT2D eigenvalue weighted by atomic mass is 35.5. The van der Waals surface area contributed by atoms with Crippen molar-refractivity contribution in [2.45, 2.75) is 36.6 Å². The zero-order valence-corrected chi connectivity index (χ0v) is 17.7. The summed E-state index contributed by atoms with van der Waals surface area (Å²) in [5.74, 6) is -0.661. The molecule has 152 valence electrons. The minimum atomic E-state index is -3.96. The van der Waals surface area contributed by atoms with Gasteiger partial charge in [0, 0.05) is 10.7 Å². The van der Waals surface area contributed by atoms with Crippen molar-refractivity contribution in [3.05, 3.63) is 52.5 Å². The Morgan fingerprint density at radius 1 is 1.04 bits per heavy atom. The molecule has 0 heterocycles. The molecule has 11 heteroatoms. The molecule has 0 aliphatic heterocycles. The Morgan fingerprint density at radius 3 is 2.14 bits per heavy atom. The molecular formula is C17H20ClN3O5S2. The Morgan fingerprint density at radius 2 is 1.61 bits per heavy atom. The van der Waals surface area contributed by atoms with E-state index in [9.17, 15) is 21.6 Å². The third kappa shape index (κ3) is 5.30. The van der Waals surface area contributed by atoms with Crippen LogP contribution in [0.15, 0.2) is 46.2 Å². The first-order valence-electron chi connectivity index (χ1n) is 8.04. The third-order valence-corrected chi connectivity index (χ3v) is 6.78. The first-order chi connectivity index (χ1) is 12.8. The monoisotopic (exact) mass is 445 g/mol. The molecule has 0 bridgehead atoms. The van der Waals surface area contributed by atoms with Crippen molar-refractivity contribution >= 4 is 43.2 Å². The lowest BCUT2D eigenvalue weighted by molar-refractivity contribution is -0.117. The van der Waals surface area contributed by atoms with E-state index in [1.807, 2.05) is 0 Å². The van der Waals surface area contributed by atoms with Crippen LogP contribution < -0.4 is 15.2 Å². The SMILES string of the molecule is Cc1cc(S(N)(=O)=O)cc(NC(=O)[C@H](C)NS(=O)(=O)c2ccc(Cl)cc2)c1C. The molecule has 0 saturated heterocycles. The van der Waals surface area contributed by atoms with E-state index >= 15 is 0 Å². The number of halogens is 1. The minimum Gasteiger partial charge on any atom is -0.324 e. The van der Waals surface area contributed by atoms with E-state index in [1.165, 1.54) is 43.3 Å². The average molecular weight is 446 g/mol. The lowest BCUT2D eigenvalue weighted by atomic mass is 10.1. The lowest BCUT2D eigenvalue weighted by Crippen LogP contribution is -2.41. The second-order valence-corrected chi connectivity index (χ2v) is 9.96. The van der Waals surface area contributed by atoms with Crippen LogP contribution in [0.1, 0.15) is 18.1 Å². The molecule has 28 heavy (non-hydrogen) atoms. The van der Waals surface area contributed by atoms with Crippen LogP contribution in [0.3, 0.4) is 0 Å². The first-order valence-corrected chi connectivity index (χ1v) is 11.4. The zero-order chi connectivity index (χ0) is 21.3. The van der Waals surface area contributed by atoms with E-state index in [0.717, 1.165) is 0 Å². The van der Waals surface area contributed by atoms with E-state index in [4.69, 9.17) is 16.7 Å². The molecule has 0 radical (unpaired) electrons. The molecule has 2 rings (SSSR count). The Labute approximate surface area is 169 Å². The molecule has 0 unspecified atom stereocenters. The molecule has 0 fully saturated rings. The predicted molar refractivity (Wildman–Crippen MR) is 107 cm³/mol. The highest BCUT2D eigenvalue weighted by molar-refractivity contribution is 7.89. The van der Waals surface area contributed by atoms with Gasteiger partial charge < -0.3 is 5.32 Å². The van der Waals surface area contributed by atoms with Crippen LogP contribution in [-0.2, 0) is 24.8 Å². The van der Waals surface area contributed by atoms with E-state index in [2.05, 4.69) is 10.0 Å². The topological polar surface area (TPSA) is 135 Å². The van der Waals surface area contributed by atoms with Gasteiger partial charge in [0.25, 0.3) is 0 Å². The van der Waals surface area contributed by atoms with Gasteiger partial charge in [-0.1, -0.05) is 11.6 Å². The number of hydrogen-bond acceptors (Lipinski definition) is 5. The number of amides is 1.